The molecule has 1 atom stereocenters. The molecule has 0 bridgehead atoms. The predicted octanol–water partition coefficient (Wildman–Crippen LogP) is -0.0160. The van der Waals surface area contributed by atoms with Crippen LogP contribution in [-0.2, 0) is 14.3 Å². The third kappa shape index (κ3) is 3.25. The SMILES string of the molecule is CC(N)(CCCOC1COC1)C(=O)O. The summed E-state index contributed by atoms with van der Waals surface area (Å²) < 4.78 is 10.3. The highest BCUT2D eigenvalue weighted by Gasteiger charge is 2.27. The molecule has 0 aromatic heterocycles. The van der Waals surface area contributed by atoms with Crippen molar-refractivity contribution in [3.8, 4) is 0 Å². The van der Waals surface area contributed by atoms with Crippen molar-refractivity contribution in [1.82, 2.24) is 0 Å². The van der Waals surface area contributed by atoms with Gasteiger partial charge in [-0.2, -0.15) is 0 Å². The van der Waals surface area contributed by atoms with Crippen LogP contribution in [0.2, 0.25) is 0 Å². The van der Waals surface area contributed by atoms with Crippen LogP contribution in [0.25, 0.3) is 0 Å². The Labute approximate surface area is 83.2 Å². The van der Waals surface area contributed by atoms with Gasteiger partial charge in [0.2, 0.25) is 0 Å². The van der Waals surface area contributed by atoms with Crippen molar-refractivity contribution in [3.63, 3.8) is 0 Å². The third-order valence-corrected chi connectivity index (χ3v) is 2.29. The second kappa shape index (κ2) is 4.72. The number of carbonyl (C=O) groups is 1. The van der Waals surface area contributed by atoms with E-state index in [1.807, 2.05) is 0 Å². The Balaban J connectivity index is 2.04. The molecule has 1 saturated heterocycles. The second-order valence-electron chi connectivity index (χ2n) is 3.86. The highest BCUT2D eigenvalue weighted by atomic mass is 16.6. The zero-order valence-corrected chi connectivity index (χ0v) is 8.36. The number of ether oxygens (including phenoxy) is 2. The number of carboxylic acid groups (broad SMARTS) is 1. The number of nitrogens with two attached hydrogens (primary N) is 1. The lowest BCUT2D eigenvalue weighted by molar-refractivity contribution is -0.144. The first kappa shape index (κ1) is 11.4. The molecule has 5 heteroatoms. The zero-order chi connectivity index (χ0) is 10.6. The van der Waals surface area contributed by atoms with Gasteiger partial charge in [-0.1, -0.05) is 0 Å². The van der Waals surface area contributed by atoms with E-state index in [1.165, 1.54) is 6.92 Å². The van der Waals surface area contributed by atoms with E-state index >= 15 is 0 Å². The van der Waals surface area contributed by atoms with Crippen LogP contribution in [0.4, 0.5) is 0 Å². The molecule has 82 valence electrons. The van der Waals surface area contributed by atoms with Crippen LogP contribution >= 0.6 is 0 Å². The van der Waals surface area contributed by atoms with Gasteiger partial charge in [-0.15, -0.1) is 0 Å². The smallest absolute Gasteiger partial charge is 0.323 e. The first-order chi connectivity index (χ1) is 6.52. The second-order valence-corrected chi connectivity index (χ2v) is 3.86. The Morgan fingerprint density at radius 2 is 2.36 bits per heavy atom. The molecule has 0 aromatic rings. The Kier molecular flexibility index (Phi) is 3.86. The summed E-state index contributed by atoms with van der Waals surface area (Å²) in [6.45, 7) is 3.37. The van der Waals surface area contributed by atoms with E-state index < -0.39 is 11.5 Å². The zero-order valence-electron chi connectivity index (χ0n) is 8.36. The van der Waals surface area contributed by atoms with Gasteiger partial charge in [0.25, 0.3) is 0 Å². The minimum atomic E-state index is -1.14. The number of hydrogen-bond donors (Lipinski definition) is 2. The molecular formula is C9H17NO4. The Bertz CT molecular complexity index is 201. The molecule has 0 spiro atoms. The van der Waals surface area contributed by atoms with E-state index in [4.69, 9.17) is 20.3 Å². The summed E-state index contributed by atoms with van der Waals surface area (Å²) in [6.07, 6.45) is 1.29. The summed E-state index contributed by atoms with van der Waals surface area (Å²) in [5.41, 5.74) is 4.40. The summed E-state index contributed by atoms with van der Waals surface area (Å²) in [5.74, 6) is -0.968. The highest BCUT2D eigenvalue weighted by molar-refractivity contribution is 5.77. The van der Waals surface area contributed by atoms with Crippen LogP contribution < -0.4 is 5.73 Å². The van der Waals surface area contributed by atoms with Gasteiger partial charge in [-0.3, -0.25) is 4.79 Å². The maximum Gasteiger partial charge on any atom is 0.323 e. The Morgan fingerprint density at radius 3 is 2.79 bits per heavy atom. The van der Waals surface area contributed by atoms with E-state index in [2.05, 4.69) is 0 Å². The summed E-state index contributed by atoms with van der Waals surface area (Å²) >= 11 is 0. The molecule has 0 amide bonds. The molecule has 5 nitrogen and oxygen atoms in total. The van der Waals surface area contributed by atoms with E-state index in [9.17, 15) is 4.79 Å². The molecule has 0 aromatic carbocycles. The molecule has 1 aliphatic rings. The topological polar surface area (TPSA) is 81.8 Å². The van der Waals surface area contributed by atoms with Crippen LogP contribution in [-0.4, -0.2) is 42.5 Å². The largest absolute Gasteiger partial charge is 0.480 e. The minimum Gasteiger partial charge on any atom is -0.480 e. The number of hydrogen-bond acceptors (Lipinski definition) is 4. The first-order valence-corrected chi connectivity index (χ1v) is 4.74. The Morgan fingerprint density at radius 1 is 1.71 bits per heavy atom. The molecule has 1 unspecified atom stereocenters. The van der Waals surface area contributed by atoms with Gasteiger partial charge in [-0.05, 0) is 19.8 Å². The van der Waals surface area contributed by atoms with Gasteiger partial charge in [0.1, 0.15) is 11.6 Å². The molecule has 14 heavy (non-hydrogen) atoms. The fraction of sp³-hybridized carbons (Fsp3) is 0.889. The van der Waals surface area contributed by atoms with Crippen molar-refractivity contribution in [2.24, 2.45) is 5.73 Å². The molecule has 1 heterocycles. The molecule has 0 saturated carbocycles. The summed E-state index contributed by atoms with van der Waals surface area (Å²) in [7, 11) is 0. The number of carboxylic acids is 1. The van der Waals surface area contributed by atoms with Gasteiger partial charge in [0, 0.05) is 6.61 Å². The van der Waals surface area contributed by atoms with Crippen molar-refractivity contribution >= 4 is 5.97 Å². The van der Waals surface area contributed by atoms with Crippen LogP contribution in [0, 0.1) is 0 Å². The van der Waals surface area contributed by atoms with Crippen molar-refractivity contribution in [1.29, 1.82) is 0 Å². The summed E-state index contributed by atoms with van der Waals surface area (Å²) in [5, 5.41) is 8.72. The molecular weight excluding hydrogens is 186 g/mol. The average Bonchev–Trinajstić information content (AvgIpc) is 2.00. The maximum absolute atomic E-state index is 10.6. The first-order valence-electron chi connectivity index (χ1n) is 4.74. The van der Waals surface area contributed by atoms with Gasteiger partial charge in [0.05, 0.1) is 13.2 Å². The van der Waals surface area contributed by atoms with E-state index in [-0.39, 0.29) is 6.10 Å². The predicted molar refractivity (Wildman–Crippen MR) is 50.0 cm³/mol. The molecule has 0 aliphatic carbocycles. The fourth-order valence-corrected chi connectivity index (χ4v) is 1.11. The summed E-state index contributed by atoms with van der Waals surface area (Å²) in [6, 6.07) is 0. The lowest BCUT2D eigenvalue weighted by Gasteiger charge is -2.26. The average molecular weight is 203 g/mol. The van der Waals surface area contributed by atoms with Gasteiger partial charge < -0.3 is 20.3 Å². The van der Waals surface area contributed by atoms with Gasteiger partial charge in [-0.25, -0.2) is 0 Å². The quantitative estimate of drug-likeness (QED) is 0.593. The molecule has 1 fully saturated rings. The van der Waals surface area contributed by atoms with Crippen LogP contribution in [0.5, 0.6) is 0 Å². The van der Waals surface area contributed by atoms with Crippen LogP contribution in [0.3, 0.4) is 0 Å². The molecule has 0 radical (unpaired) electrons. The van der Waals surface area contributed by atoms with Crippen molar-refractivity contribution in [3.05, 3.63) is 0 Å². The Hall–Kier alpha value is -0.650. The lowest BCUT2D eigenvalue weighted by atomic mass is 9.98. The van der Waals surface area contributed by atoms with Crippen LogP contribution in [0.1, 0.15) is 19.8 Å². The highest BCUT2D eigenvalue weighted by Crippen LogP contribution is 2.11. The number of rotatable bonds is 6. The fourth-order valence-electron chi connectivity index (χ4n) is 1.11. The number of aliphatic carboxylic acids is 1. The van der Waals surface area contributed by atoms with E-state index in [1.54, 1.807) is 0 Å². The molecule has 3 N–H and O–H groups in total. The standard InChI is InChI=1S/C9H17NO4/c1-9(10,8(11)12)3-2-4-14-7-5-13-6-7/h7H,2-6,10H2,1H3,(H,11,12). The van der Waals surface area contributed by atoms with Crippen LogP contribution in [0.15, 0.2) is 0 Å². The molecule has 1 rings (SSSR count). The van der Waals surface area contributed by atoms with E-state index in [0.717, 1.165) is 0 Å². The maximum atomic E-state index is 10.6. The summed E-state index contributed by atoms with van der Waals surface area (Å²) in [4.78, 5) is 10.6. The van der Waals surface area contributed by atoms with Crippen molar-refractivity contribution in [2.45, 2.75) is 31.4 Å². The van der Waals surface area contributed by atoms with E-state index in [0.29, 0.717) is 32.7 Å². The lowest BCUT2D eigenvalue weighted by Crippen LogP contribution is -2.45. The van der Waals surface area contributed by atoms with Gasteiger partial charge in [0.15, 0.2) is 0 Å². The third-order valence-electron chi connectivity index (χ3n) is 2.29. The molecule has 1 aliphatic heterocycles. The van der Waals surface area contributed by atoms with Gasteiger partial charge >= 0.3 is 5.97 Å². The normalized spacial score (nSPS) is 21.3. The minimum absolute atomic E-state index is 0.198. The van der Waals surface area contributed by atoms with Crippen molar-refractivity contribution < 1.29 is 19.4 Å². The van der Waals surface area contributed by atoms with Crippen molar-refractivity contribution in [2.75, 3.05) is 19.8 Å². The monoisotopic (exact) mass is 203 g/mol.